The van der Waals surface area contributed by atoms with Crippen molar-refractivity contribution in [2.75, 3.05) is 13.1 Å². The van der Waals surface area contributed by atoms with Crippen LogP contribution in [0.4, 0.5) is 4.39 Å². The van der Waals surface area contributed by atoms with Gasteiger partial charge in [-0.3, -0.25) is 4.79 Å². The van der Waals surface area contributed by atoms with Gasteiger partial charge in [0.15, 0.2) is 0 Å². The van der Waals surface area contributed by atoms with Gasteiger partial charge in [-0.15, -0.1) is 0 Å². The van der Waals surface area contributed by atoms with Crippen LogP contribution in [0.1, 0.15) is 51.8 Å². The SMILES string of the molecule is Cc1ncc(-c2ccc(F)cc2)c([C@H]2CCCN(C(=O)c3cccc(C)c3C)C2)n1. The molecule has 154 valence electrons. The minimum absolute atomic E-state index is 0.0787. The van der Waals surface area contributed by atoms with E-state index in [1.165, 1.54) is 12.1 Å². The van der Waals surface area contributed by atoms with Crippen LogP contribution in [0.2, 0.25) is 0 Å². The first-order valence-corrected chi connectivity index (χ1v) is 10.4. The Morgan fingerprint density at radius 1 is 1.10 bits per heavy atom. The van der Waals surface area contributed by atoms with Crippen molar-refractivity contribution >= 4 is 5.91 Å². The molecule has 1 aliphatic rings. The molecule has 1 fully saturated rings. The zero-order valence-electron chi connectivity index (χ0n) is 17.7. The Kier molecular flexibility index (Phi) is 5.62. The molecule has 0 spiro atoms. The van der Waals surface area contributed by atoms with Gasteiger partial charge in [0.1, 0.15) is 11.6 Å². The van der Waals surface area contributed by atoms with E-state index in [4.69, 9.17) is 4.98 Å². The molecular weight excluding hydrogens is 377 g/mol. The summed E-state index contributed by atoms with van der Waals surface area (Å²) in [6, 6.07) is 12.3. The molecule has 2 aromatic carbocycles. The average Bonchev–Trinajstić information content (AvgIpc) is 2.76. The molecule has 30 heavy (non-hydrogen) atoms. The van der Waals surface area contributed by atoms with Crippen molar-refractivity contribution in [2.24, 2.45) is 0 Å². The second-order valence-corrected chi connectivity index (χ2v) is 8.06. The fourth-order valence-electron chi connectivity index (χ4n) is 4.19. The number of hydrogen-bond acceptors (Lipinski definition) is 3. The second kappa shape index (κ2) is 8.34. The van der Waals surface area contributed by atoms with Crippen molar-refractivity contribution < 1.29 is 9.18 Å². The van der Waals surface area contributed by atoms with Crippen LogP contribution in [0, 0.1) is 26.6 Å². The van der Waals surface area contributed by atoms with Crippen LogP contribution in [-0.2, 0) is 0 Å². The van der Waals surface area contributed by atoms with Crippen molar-refractivity contribution in [1.82, 2.24) is 14.9 Å². The molecule has 0 bridgehead atoms. The van der Waals surface area contributed by atoms with Gasteiger partial charge in [-0.05, 0) is 68.5 Å². The summed E-state index contributed by atoms with van der Waals surface area (Å²) in [5.41, 5.74) is 5.67. The first-order chi connectivity index (χ1) is 14.4. The van der Waals surface area contributed by atoms with Gasteiger partial charge in [-0.2, -0.15) is 0 Å². The fraction of sp³-hybridized carbons (Fsp3) is 0.320. The third-order valence-corrected chi connectivity index (χ3v) is 6.02. The highest BCUT2D eigenvalue weighted by molar-refractivity contribution is 5.96. The summed E-state index contributed by atoms with van der Waals surface area (Å²) in [6.07, 6.45) is 3.70. The molecule has 0 N–H and O–H groups in total. The van der Waals surface area contributed by atoms with Crippen LogP contribution in [0.25, 0.3) is 11.1 Å². The Hall–Kier alpha value is -3.08. The number of benzene rings is 2. The van der Waals surface area contributed by atoms with Crippen LogP contribution >= 0.6 is 0 Å². The molecule has 1 atom stereocenters. The van der Waals surface area contributed by atoms with Gasteiger partial charge < -0.3 is 4.90 Å². The number of carbonyl (C=O) groups excluding carboxylic acids is 1. The summed E-state index contributed by atoms with van der Waals surface area (Å²) in [4.78, 5) is 24.3. The fourth-order valence-corrected chi connectivity index (χ4v) is 4.19. The van der Waals surface area contributed by atoms with Crippen LogP contribution in [0.15, 0.2) is 48.7 Å². The van der Waals surface area contributed by atoms with Crippen molar-refractivity contribution in [3.8, 4) is 11.1 Å². The van der Waals surface area contributed by atoms with E-state index in [9.17, 15) is 9.18 Å². The monoisotopic (exact) mass is 403 g/mol. The second-order valence-electron chi connectivity index (χ2n) is 8.06. The third kappa shape index (κ3) is 3.97. The lowest BCUT2D eigenvalue weighted by molar-refractivity contribution is 0.0705. The summed E-state index contributed by atoms with van der Waals surface area (Å²) in [5.74, 6) is 0.634. The smallest absolute Gasteiger partial charge is 0.254 e. The summed E-state index contributed by atoms with van der Waals surface area (Å²) in [7, 11) is 0. The molecule has 0 radical (unpaired) electrons. The van der Waals surface area contributed by atoms with Gasteiger partial charge in [-0.25, -0.2) is 14.4 Å². The molecular formula is C25H26FN3O. The van der Waals surface area contributed by atoms with Gasteiger partial charge >= 0.3 is 0 Å². The topological polar surface area (TPSA) is 46.1 Å². The first-order valence-electron chi connectivity index (χ1n) is 10.4. The van der Waals surface area contributed by atoms with E-state index in [0.717, 1.165) is 52.9 Å². The maximum Gasteiger partial charge on any atom is 0.254 e. The minimum atomic E-state index is -0.267. The highest BCUT2D eigenvalue weighted by Gasteiger charge is 2.29. The standard InChI is InChI=1S/C25H26FN3O/c1-16-6-4-8-22(17(16)2)25(30)29-13-5-7-20(15-29)24-23(14-27-18(3)28-24)19-9-11-21(26)12-10-19/h4,6,8-12,14,20H,5,7,13,15H2,1-3H3/t20-/m0/s1. The highest BCUT2D eigenvalue weighted by Crippen LogP contribution is 2.33. The average molecular weight is 404 g/mol. The Morgan fingerprint density at radius 2 is 1.87 bits per heavy atom. The normalized spacial score (nSPS) is 16.5. The maximum atomic E-state index is 13.4. The molecule has 0 saturated carbocycles. The largest absolute Gasteiger partial charge is 0.338 e. The molecule has 2 heterocycles. The summed E-state index contributed by atoms with van der Waals surface area (Å²) >= 11 is 0. The number of nitrogens with zero attached hydrogens (tertiary/aromatic N) is 3. The molecule has 1 amide bonds. The van der Waals surface area contributed by atoms with E-state index in [1.54, 1.807) is 12.1 Å². The molecule has 4 rings (SSSR count). The van der Waals surface area contributed by atoms with Crippen molar-refractivity contribution in [3.05, 3.63) is 82.7 Å². The predicted octanol–water partition coefficient (Wildman–Crippen LogP) is 5.23. The number of carbonyl (C=O) groups is 1. The zero-order valence-corrected chi connectivity index (χ0v) is 17.7. The number of piperidine rings is 1. The number of rotatable bonds is 3. The molecule has 3 aromatic rings. The Morgan fingerprint density at radius 3 is 2.63 bits per heavy atom. The van der Waals surface area contributed by atoms with Gasteiger partial charge in [0, 0.05) is 36.3 Å². The molecule has 0 unspecified atom stereocenters. The van der Waals surface area contributed by atoms with Crippen molar-refractivity contribution in [2.45, 2.75) is 39.5 Å². The molecule has 5 heteroatoms. The number of hydrogen-bond donors (Lipinski definition) is 0. The summed E-state index contributed by atoms with van der Waals surface area (Å²) in [5, 5.41) is 0. The first kappa shape index (κ1) is 20.2. The van der Waals surface area contributed by atoms with Crippen LogP contribution < -0.4 is 0 Å². The minimum Gasteiger partial charge on any atom is -0.338 e. The van der Waals surface area contributed by atoms with Gasteiger partial charge in [0.2, 0.25) is 0 Å². The van der Waals surface area contributed by atoms with E-state index in [-0.39, 0.29) is 17.6 Å². The van der Waals surface area contributed by atoms with Gasteiger partial charge in [0.25, 0.3) is 5.91 Å². The van der Waals surface area contributed by atoms with E-state index in [0.29, 0.717) is 12.4 Å². The lowest BCUT2D eigenvalue weighted by atomic mass is 9.89. The van der Waals surface area contributed by atoms with E-state index < -0.39 is 0 Å². The number of aromatic nitrogens is 2. The summed E-state index contributed by atoms with van der Waals surface area (Å²) < 4.78 is 13.4. The lowest BCUT2D eigenvalue weighted by Gasteiger charge is -2.33. The number of amides is 1. The lowest BCUT2D eigenvalue weighted by Crippen LogP contribution is -2.39. The molecule has 1 saturated heterocycles. The van der Waals surface area contributed by atoms with E-state index >= 15 is 0 Å². The van der Waals surface area contributed by atoms with Crippen LogP contribution in [-0.4, -0.2) is 33.9 Å². The molecule has 1 aromatic heterocycles. The molecule has 0 aliphatic carbocycles. The number of aryl methyl sites for hydroxylation is 2. The van der Waals surface area contributed by atoms with Crippen LogP contribution in [0.5, 0.6) is 0 Å². The van der Waals surface area contributed by atoms with Gasteiger partial charge in [0.05, 0.1) is 5.69 Å². The van der Waals surface area contributed by atoms with Crippen LogP contribution in [0.3, 0.4) is 0 Å². The highest BCUT2D eigenvalue weighted by atomic mass is 19.1. The Balaban J connectivity index is 1.65. The molecule has 1 aliphatic heterocycles. The van der Waals surface area contributed by atoms with E-state index in [1.807, 2.05) is 50.1 Å². The molecule has 4 nitrogen and oxygen atoms in total. The van der Waals surface area contributed by atoms with Gasteiger partial charge in [-0.1, -0.05) is 24.3 Å². The van der Waals surface area contributed by atoms with E-state index in [2.05, 4.69) is 4.98 Å². The zero-order chi connectivity index (χ0) is 21.3. The quantitative estimate of drug-likeness (QED) is 0.602. The maximum absolute atomic E-state index is 13.4. The Labute approximate surface area is 176 Å². The van der Waals surface area contributed by atoms with Crippen molar-refractivity contribution in [1.29, 1.82) is 0 Å². The predicted molar refractivity (Wildman–Crippen MR) is 116 cm³/mol. The number of halogens is 1. The number of likely N-dealkylation sites (tertiary alicyclic amines) is 1. The Bertz CT molecular complexity index is 1080. The summed E-state index contributed by atoms with van der Waals surface area (Å²) in [6.45, 7) is 7.28. The third-order valence-electron chi connectivity index (χ3n) is 6.02. The van der Waals surface area contributed by atoms with Crippen molar-refractivity contribution in [3.63, 3.8) is 0 Å².